The summed E-state index contributed by atoms with van der Waals surface area (Å²) in [5, 5.41) is 17.6. The van der Waals surface area contributed by atoms with E-state index in [0.29, 0.717) is 22.8 Å². The highest BCUT2D eigenvalue weighted by molar-refractivity contribution is 7.92. The van der Waals surface area contributed by atoms with Gasteiger partial charge in [0.25, 0.3) is 15.7 Å². The van der Waals surface area contributed by atoms with E-state index in [1.807, 2.05) is 0 Å². The number of benzene rings is 1. The number of hydrogen-bond acceptors (Lipinski definition) is 7. The Morgan fingerprint density at radius 3 is 2.59 bits per heavy atom. The average molecular weight is 392 g/mol. The van der Waals surface area contributed by atoms with Crippen LogP contribution < -0.4 is 9.46 Å². The third-order valence-electron chi connectivity index (χ3n) is 3.88. The molecule has 2 N–H and O–H groups in total. The molecule has 3 rings (SSSR count). The van der Waals surface area contributed by atoms with Gasteiger partial charge >= 0.3 is 0 Å². The summed E-state index contributed by atoms with van der Waals surface area (Å²) in [4.78, 5) is 9.99. The van der Waals surface area contributed by atoms with E-state index in [2.05, 4.69) is 14.9 Å². The van der Waals surface area contributed by atoms with Crippen molar-refractivity contribution in [3.63, 3.8) is 0 Å². The number of rotatable bonds is 6. The number of sulfonamides is 1. The molecule has 0 atom stereocenters. The van der Waals surface area contributed by atoms with Crippen molar-refractivity contribution in [1.29, 1.82) is 0 Å². The number of furan rings is 1. The van der Waals surface area contributed by atoms with Gasteiger partial charge in [0.15, 0.2) is 11.6 Å². The predicted octanol–water partition coefficient (Wildman–Crippen LogP) is 3.00. The lowest BCUT2D eigenvalue weighted by atomic mass is 10.2. The molecule has 2 aromatic heterocycles. The van der Waals surface area contributed by atoms with Crippen molar-refractivity contribution in [2.24, 2.45) is 0 Å². The Balaban J connectivity index is 1.96. The van der Waals surface area contributed by atoms with Gasteiger partial charge in [0.2, 0.25) is 0 Å². The van der Waals surface area contributed by atoms with Gasteiger partial charge in [-0.3, -0.25) is 19.9 Å². The van der Waals surface area contributed by atoms with Crippen LogP contribution in [0.3, 0.4) is 0 Å². The number of aromatic amines is 1. The Labute approximate surface area is 154 Å². The highest BCUT2D eigenvalue weighted by atomic mass is 32.2. The van der Waals surface area contributed by atoms with E-state index in [-0.39, 0.29) is 22.2 Å². The van der Waals surface area contributed by atoms with Gasteiger partial charge in [-0.25, -0.2) is 8.42 Å². The maximum atomic E-state index is 12.7. The third kappa shape index (κ3) is 3.49. The fourth-order valence-corrected chi connectivity index (χ4v) is 3.70. The second-order valence-corrected chi connectivity index (χ2v) is 7.33. The normalized spacial score (nSPS) is 11.4. The Bertz CT molecular complexity index is 1120. The number of nitrogens with zero attached hydrogens (tertiary/aromatic N) is 2. The zero-order valence-corrected chi connectivity index (χ0v) is 15.5. The molecule has 3 aromatic rings. The molecular weight excluding hydrogens is 376 g/mol. The van der Waals surface area contributed by atoms with Gasteiger partial charge in [-0.2, -0.15) is 5.10 Å². The van der Waals surface area contributed by atoms with Crippen molar-refractivity contribution in [3.05, 3.63) is 51.8 Å². The minimum absolute atomic E-state index is 0.0828. The van der Waals surface area contributed by atoms with Crippen molar-refractivity contribution >= 4 is 21.5 Å². The number of ether oxygens (including phenoxy) is 1. The molecule has 1 aromatic carbocycles. The van der Waals surface area contributed by atoms with Crippen molar-refractivity contribution in [2.45, 2.75) is 18.7 Å². The van der Waals surface area contributed by atoms with Crippen LogP contribution in [0, 0.1) is 24.0 Å². The maximum Gasteiger partial charge on any atom is 0.273 e. The summed E-state index contributed by atoms with van der Waals surface area (Å²) in [6.45, 7) is 3.47. The minimum atomic E-state index is -4.10. The SMILES string of the molecule is COc1cc([N+](=O)[O-])ccc1S(=O)(=O)Nc1n[nH]c(-c2ccc(C)o2)c1C. The van der Waals surface area contributed by atoms with Crippen LogP contribution in [0.2, 0.25) is 0 Å². The molecule has 0 aliphatic rings. The molecule has 27 heavy (non-hydrogen) atoms. The van der Waals surface area contributed by atoms with E-state index in [9.17, 15) is 18.5 Å². The molecule has 0 fully saturated rings. The van der Waals surface area contributed by atoms with Gasteiger partial charge in [-0.05, 0) is 32.0 Å². The smallest absolute Gasteiger partial charge is 0.273 e. The number of nitrogens with one attached hydrogen (secondary N) is 2. The minimum Gasteiger partial charge on any atom is -0.495 e. The Morgan fingerprint density at radius 2 is 2.00 bits per heavy atom. The topological polar surface area (TPSA) is 140 Å². The Hall–Kier alpha value is -3.34. The summed E-state index contributed by atoms with van der Waals surface area (Å²) in [5.74, 6) is 1.17. The molecule has 142 valence electrons. The first kappa shape index (κ1) is 18.5. The molecule has 2 heterocycles. The lowest BCUT2D eigenvalue weighted by Gasteiger charge is -2.10. The number of aromatic nitrogens is 2. The predicted molar refractivity (Wildman–Crippen MR) is 96.2 cm³/mol. The number of hydrogen-bond donors (Lipinski definition) is 2. The standard InChI is InChI=1S/C16H16N4O6S/c1-9-4-6-12(26-9)15-10(2)16(18-17-15)19-27(23,24)14-7-5-11(20(21)22)8-13(14)25-3/h4-8H,1-3H3,(H2,17,18,19). The van der Waals surface area contributed by atoms with Crippen LogP contribution in [0.25, 0.3) is 11.5 Å². The van der Waals surface area contributed by atoms with Crippen molar-refractivity contribution < 1.29 is 22.5 Å². The average Bonchev–Trinajstić information content (AvgIpc) is 3.20. The molecule has 0 aliphatic carbocycles. The zero-order valence-electron chi connectivity index (χ0n) is 14.6. The van der Waals surface area contributed by atoms with Crippen LogP contribution in [0.15, 0.2) is 39.6 Å². The second kappa shape index (κ2) is 6.76. The van der Waals surface area contributed by atoms with Gasteiger partial charge < -0.3 is 9.15 Å². The van der Waals surface area contributed by atoms with Crippen LogP contribution in [-0.2, 0) is 10.0 Å². The molecule has 10 nitrogen and oxygen atoms in total. The first-order valence-electron chi connectivity index (χ1n) is 7.70. The number of nitro groups is 1. The van der Waals surface area contributed by atoms with Gasteiger partial charge in [-0.1, -0.05) is 0 Å². The van der Waals surface area contributed by atoms with Crippen molar-refractivity contribution in [3.8, 4) is 17.2 Å². The van der Waals surface area contributed by atoms with Crippen LogP contribution >= 0.6 is 0 Å². The molecule has 11 heteroatoms. The molecule has 0 unspecified atom stereocenters. The fraction of sp³-hybridized carbons (Fsp3) is 0.188. The quantitative estimate of drug-likeness (QED) is 0.485. The van der Waals surface area contributed by atoms with E-state index >= 15 is 0 Å². The first-order valence-corrected chi connectivity index (χ1v) is 9.18. The highest BCUT2D eigenvalue weighted by Gasteiger charge is 2.25. The lowest BCUT2D eigenvalue weighted by molar-refractivity contribution is -0.385. The monoisotopic (exact) mass is 392 g/mol. The molecular formula is C16H16N4O6S. The number of nitro benzene ring substituents is 1. The molecule has 0 spiro atoms. The largest absolute Gasteiger partial charge is 0.495 e. The van der Waals surface area contributed by atoms with E-state index in [1.54, 1.807) is 26.0 Å². The molecule has 0 radical (unpaired) electrons. The van der Waals surface area contributed by atoms with E-state index in [0.717, 1.165) is 18.2 Å². The van der Waals surface area contributed by atoms with Crippen molar-refractivity contribution in [2.75, 3.05) is 11.8 Å². The van der Waals surface area contributed by atoms with E-state index in [4.69, 9.17) is 9.15 Å². The molecule has 0 saturated heterocycles. The molecule has 0 saturated carbocycles. The van der Waals surface area contributed by atoms with Crippen molar-refractivity contribution in [1.82, 2.24) is 10.2 Å². The molecule has 0 bridgehead atoms. The van der Waals surface area contributed by atoms with Crippen LogP contribution in [-0.4, -0.2) is 30.6 Å². The van der Waals surface area contributed by atoms with Gasteiger partial charge in [0.05, 0.1) is 18.1 Å². The number of aryl methyl sites for hydroxylation is 1. The summed E-state index contributed by atoms with van der Waals surface area (Å²) in [6, 6.07) is 6.77. The van der Waals surface area contributed by atoms with E-state index in [1.165, 1.54) is 7.11 Å². The van der Waals surface area contributed by atoms with Crippen LogP contribution in [0.1, 0.15) is 11.3 Å². The van der Waals surface area contributed by atoms with Crippen LogP contribution in [0.5, 0.6) is 5.75 Å². The van der Waals surface area contributed by atoms with Crippen LogP contribution in [0.4, 0.5) is 11.5 Å². The highest BCUT2D eigenvalue weighted by Crippen LogP contribution is 2.32. The summed E-state index contributed by atoms with van der Waals surface area (Å²) < 4.78 is 38.3. The van der Waals surface area contributed by atoms with E-state index < -0.39 is 14.9 Å². The summed E-state index contributed by atoms with van der Waals surface area (Å²) in [6.07, 6.45) is 0. The van der Waals surface area contributed by atoms with Gasteiger partial charge in [0.1, 0.15) is 22.1 Å². The lowest BCUT2D eigenvalue weighted by Crippen LogP contribution is -2.15. The molecule has 0 amide bonds. The number of non-ortho nitro benzene ring substituents is 1. The summed E-state index contributed by atoms with van der Waals surface area (Å²) >= 11 is 0. The zero-order chi connectivity index (χ0) is 19.8. The number of methoxy groups -OCH3 is 1. The molecule has 0 aliphatic heterocycles. The third-order valence-corrected chi connectivity index (χ3v) is 5.25. The van der Waals surface area contributed by atoms with Gasteiger partial charge in [0, 0.05) is 11.6 Å². The Kier molecular flexibility index (Phi) is 4.62. The summed E-state index contributed by atoms with van der Waals surface area (Å²) in [5.41, 5.74) is 0.794. The first-order chi connectivity index (χ1) is 12.7. The fourth-order valence-electron chi connectivity index (χ4n) is 2.48. The summed E-state index contributed by atoms with van der Waals surface area (Å²) in [7, 11) is -2.86. The Morgan fingerprint density at radius 1 is 1.26 bits per heavy atom. The number of H-pyrrole nitrogens is 1. The second-order valence-electron chi connectivity index (χ2n) is 5.68. The van der Waals surface area contributed by atoms with Gasteiger partial charge in [-0.15, -0.1) is 0 Å². The maximum absolute atomic E-state index is 12.7. The number of anilines is 1.